The van der Waals surface area contributed by atoms with Gasteiger partial charge in [0.05, 0.1) is 0 Å². The first-order chi connectivity index (χ1) is 2.56. The van der Waals surface area contributed by atoms with Gasteiger partial charge >= 0.3 is 0 Å². The van der Waals surface area contributed by atoms with E-state index >= 15 is 0 Å². The third-order valence-corrected chi connectivity index (χ3v) is 3.18. The summed E-state index contributed by atoms with van der Waals surface area (Å²) in [5.74, 6) is 0. The molecule has 0 N–H and O–H groups in total. The van der Waals surface area contributed by atoms with Gasteiger partial charge in [0, 0.05) is 8.07 Å². The van der Waals surface area contributed by atoms with Crippen LogP contribution in [0.1, 0.15) is 6.92 Å². The van der Waals surface area contributed by atoms with E-state index in [0.717, 1.165) is 0 Å². The Hall–Kier alpha value is 0.217. The lowest BCUT2D eigenvalue weighted by Crippen LogP contribution is -2.16. The second-order valence-electron chi connectivity index (χ2n) is 2.91. The lowest BCUT2D eigenvalue weighted by Gasteiger charge is -2.09. The first-order valence-electron chi connectivity index (χ1n) is 2.56. The first-order valence-corrected chi connectivity index (χ1v) is 6.27. The molecule has 0 aromatic heterocycles. The summed E-state index contributed by atoms with van der Waals surface area (Å²) in [6.45, 7) is 9.42. The zero-order valence-corrected chi connectivity index (χ0v) is 6.21. The van der Waals surface area contributed by atoms with Crippen LogP contribution in [0.4, 0.5) is 0 Å². The molecule has 6 heavy (non-hydrogen) atoms. The third-order valence-electron chi connectivity index (χ3n) is 1.06. The Morgan fingerprint density at radius 1 is 1.17 bits per heavy atom. The summed E-state index contributed by atoms with van der Waals surface area (Å²) in [5.41, 5.74) is 0. The molecule has 0 rings (SSSR count). The van der Waals surface area contributed by atoms with Crippen molar-refractivity contribution in [1.82, 2.24) is 0 Å². The van der Waals surface area contributed by atoms with E-state index in [0.29, 0.717) is 0 Å². The number of hydrogen-bond acceptors (Lipinski definition) is 0. The Morgan fingerprint density at radius 2 is 1.33 bits per heavy atom. The lowest BCUT2D eigenvalue weighted by molar-refractivity contribution is 1.36. The van der Waals surface area contributed by atoms with E-state index in [-0.39, 0.29) is 0 Å². The van der Waals surface area contributed by atoms with Gasteiger partial charge in [-0.3, -0.25) is 0 Å². The molecule has 0 aliphatic rings. The van der Waals surface area contributed by atoms with E-state index in [2.05, 4.69) is 26.6 Å². The van der Waals surface area contributed by atoms with Gasteiger partial charge < -0.3 is 0 Å². The molecule has 0 atom stereocenters. The van der Waals surface area contributed by atoms with Gasteiger partial charge in [0.25, 0.3) is 0 Å². The average Bonchev–Trinajstić information content (AvgIpc) is 1.35. The van der Waals surface area contributed by atoms with Crippen molar-refractivity contribution in [2.75, 3.05) is 0 Å². The maximum Gasteiger partial charge on any atom is 0.0439 e. The Labute approximate surface area is 41.6 Å². The molecule has 0 unspecified atom stereocenters. The fourth-order valence-corrected chi connectivity index (χ4v) is 0. The fourth-order valence-electron chi connectivity index (χ4n) is 0. The van der Waals surface area contributed by atoms with Crippen molar-refractivity contribution in [1.29, 1.82) is 0 Å². The van der Waals surface area contributed by atoms with Crippen molar-refractivity contribution in [3.63, 3.8) is 0 Å². The van der Waals surface area contributed by atoms with Gasteiger partial charge in [-0.2, -0.15) is 0 Å². The molecule has 0 spiro atoms. The van der Waals surface area contributed by atoms with Crippen LogP contribution >= 0.6 is 0 Å². The molecule has 0 aliphatic heterocycles. The smallest absolute Gasteiger partial charge is 0.0439 e. The lowest BCUT2D eigenvalue weighted by atomic mass is 11.0. The maximum atomic E-state index is 2.38. The number of rotatable bonds is 1. The highest BCUT2D eigenvalue weighted by Crippen LogP contribution is 2.04. The molecule has 38 valence electrons. The third kappa shape index (κ3) is 4.22. The molecule has 0 nitrogen and oxygen atoms in total. The van der Waals surface area contributed by atoms with Gasteiger partial charge in [-0.25, -0.2) is 0 Å². The van der Waals surface area contributed by atoms with Gasteiger partial charge in [0.2, 0.25) is 0 Å². The topological polar surface area (TPSA) is 0 Å². The highest BCUT2D eigenvalue weighted by Gasteiger charge is 2.06. The summed E-state index contributed by atoms with van der Waals surface area (Å²) in [7, 11) is -0.631. The Morgan fingerprint density at radius 3 is 1.33 bits per heavy atom. The van der Waals surface area contributed by atoms with E-state index in [4.69, 9.17) is 0 Å². The molecule has 0 aliphatic carbocycles. The van der Waals surface area contributed by atoms with Crippen molar-refractivity contribution >= 4 is 8.07 Å². The van der Waals surface area contributed by atoms with Gasteiger partial charge in [0.15, 0.2) is 0 Å². The molecule has 0 amide bonds. The largest absolute Gasteiger partial charge is 0.0696 e. The summed E-state index contributed by atoms with van der Waals surface area (Å²) in [5, 5.41) is 0. The summed E-state index contributed by atoms with van der Waals surface area (Å²) >= 11 is 0. The molecule has 0 fully saturated rings. The summed E-state index contributed by atoms with van der Waals surface area (Å²) < 4.78 is 0. The van der Waals surface area contributed by atoms with Crippen molar-refractivity contribution in [2.24, 2.45) is 0 Å². The molecule has 0 saturated heterocycles. The highest BCUT2D eigenvalue weighted by atomic mass is 28.3. The zero-order valence-electron chi connectivity index (χ0n) is 5.21. The minimum absolute atomic E-state index is 0.631. The fraction of sp³-hybridized carbons (Fsp3) is 1.00. The Bertz CT molecular complexity index is 33.7. The van der Waals surface area contributed by atoms with Crippen LogP contribution in [0.25, 0.3) is 0 Å². The SMILES string of the molecule is CC[Si](C)(C)C. The highest BCUT2D eigenvalue weighted by molar-refractivity contribution is 6.75. The average molecular weight is 102 g/mol. The van der Waals surface area contributed by atoms with Crippen LogP contribution in [0.2, 0.25) is 25.7 Å². The summed E-state index contributed by atoms with van der Waals surface area (Å²) in [6.07, 6.45) is 0. The molecular formula is C5H14Si. The van der Waals surface area contributed by atoms with E-state index in [1.807, 2.05) is 0 Å². The van der Waals surface area contributed by atoms with Crippen molar-refractivity contribution < 1.29 is 0 Å². The van der Waals surface area contributed by atoms with E-state index in [1.54, 1.807) is 0 Å². The van der Waals surface area contributed by atoms with Gasteiger partial charge in [0.1, 0.15) is 0 Å². The van der Waals surface area contributed by atoms with E-state index in [1.165, 1.54) is 6.04 Å². The predicted molar refractivity (Wildman–Crippen MR) is 33.8 cm³/mol. The minimum Gasteiger partial charge on any atom is -0.0696 e. The van der Waals surface area contributed by atoms with Crippen molar-refractivity contribution in [3.05, 3.63) is 0 Å². The Kier molecular flexibility index (Phi) is 1.85. The van der Waals surface area contributed by atoms with Crippen LogP contribution in [0.5, 0.6) is 0 Å². The zero-order chi connectivity index (χ0) is 5.21. The van der Waals surface area contributed by atoms with Crippen LogP contribution in [-0.4, -0.2) is 8.07 Å². The van der Waals surface area contributed by atoms with Crippen LogP contribution < -0.4 is 0 Å². The second kappa shape index (κ2) is 1.78. The monoisotopic (exact) mass is 102 g/mol. The molecule has 0 saturated carbocycles. The minimum atomic E-state index is -0.631. The van der Waals surface area contributed by atoms with E-state index in [9.17, 15) is 0 Å². The quantitative estimate of drug-likeness (QED) is 0.446. The maximum absolute atomic E-state index is 2.38. The van der Waals surface area contributed by atoms with Crippen molar-refractivity contribution in [3.8, 4) is 0 Å². The molecule has 0 aromatic rings. The molecule has 1 heteroatoms. The first kappa shape index (κ1) is 6.22. The molecule has 0 aromatic carbocycles. The van der Waals surface area contributed by atoms with Crippen LogP contribution in [-0.2, 0) is 0 Å². The molecule has 0 heterocycles. The second-order valence-corrected chi connectivity index (χ2v) is 8.74. The normalized spacial score (nSPS) is 12.0. The number of hydrogen-bond donors (Lipinski definition) is 0. The summed E-state index contributed by atoms with van der Waals surface area (Å²) in [4.78, 5) is 0. The van der Waals surface area contributed by atoms with Crippen LogP contribution in [0.15, 0.2) is 0 Å². The van der Waals surface area contributed by atoms with Crippen molar-refractivity contribution in [2.45, 2.75) is 32.6 Å². The van der Waals surface area contributed by atoms with Crippen LogP contribution in [0, 0.1) is 0 Å². The van der Waals surface area contributed by atoms with Gasteiger partial charge in [-0.15, -0.1) is 0 Å². The van der Waals surface area contributed by atoms with Crippen LogP contribution in [0.3, 0.4) is 0 Å². The molecule has 0 bridgehead atoms. The molecule has 0 radical (unpaired) electrons. The predicted octanol–water partition coefficient (Wildman–Crippen LogP) is 2.34. The van der Waals surface area contributed by atoms with Gasteiger partial charge in [-0.05, 0) is 0 Å². The van der Waals surface area contributed by atoms with E-state index < -0.39 is 8.07 Å². The van der Waals surface area contributed by atoms with Gasteiger partial charge in [-0.1, -0.05) is 32.6 Å². The molecular weight excluding hydrogens is 88.1 g/mol. The standard InChI is InChI=1S/C5H14Si/c1-5-6(2,3)4/h5H2,1-4H3. The Balaban J connectivity index is 3.17. The summed E-state index contributed by atoms with van der Waals surface area (Å²) in [6, 6.07) is 1.41.